The van der Waals surface area contributed by atoms with Crippen molar-refractivity contribution in [2.75, 3.05) is 26.2 Å². The molecule has 2 unspecified atom stereocenters. The third-order valence-corrected chi connectivity index (χ3v) is 4.39. The van der Waals surface area contributed by atoms with E-state index in [0.717, 1.165) is 31.7 Å². The minimum Gasteiger partial charge on any atom is -0.377 e. The van der Waals surface area contributed by atoms with Gasteiger partial charge in [0.1, 0.15) is 0 Å². The van der Waals surface area contributed by atoms with Crippen LogP contribution in [0, 0.1) is 5.92 Å². The second-order valence-corrected chi connectivity index (χ2v) is 6.70. The molecule has 1 saturated heterocycles. The van der Waals surface area contributed by atoms with E-state index in [-0.39, 0.29) is 0 Å². The van der Waals surface area contributed by atoms with E-state index < -0.39 is 0 Å². The number of hydrogen-bond acceptors (Lipinski definition) is 3. The minimum absolute atomic E-state index is 0.453. The molecule has 2 atom stereocenters. The molecule has 0 saturated carbocycles. The third-order valence-electron chi connectivity index (χ3n) is 4.39. The van der Waals surface area contributed by atoms with Crippen molar-refractivity contribution in [2.24, 2.45) is 5.92 Å². The van der Waals surface area contributed by atoms with E-state index in [4.69, 9.17) is 4.74 Å². The predicted molar refractivity (Wildman–Crippen MR) is 87.2 cm³/mol. The SMILES string of the molecule is CCC(CC)N(CC(C)C)C(C)CNCC1CCCO1. The molecule has 1 fully saturated rings. The van der Waals surface area contributed by atoms with Crippen LogP contribution in [0.5, 0.6) is 0 Å². The van der Waals surface area contributed by atoms with E-state index in [1.54, 1.807) is 0 Å². The topological polar surface area (TPSA) is 24.5 Å². The summed E-state index contributed by atoms with van der Waals surface area (Å²) < 4.78 is 5.67. The lowest BCUT2D eigenvalue weighted by molar-refractivity contribution is 0.0965. The Hall–Kier alpha value is -0.120. The minimum atomic E-state index is 0.453. The van der Waals surface area contributed by atoms with Crippen LogP contribution in [-0.2, 0) is 4.74 Å². The lowest BCUT2D eigenvalue weighted by Crippen LogP contribution is -2.48. The molecular formula is C17H36N2O. The molecule has 1 aliphatic rings. The van der Waals surface area contributed by atoms with Crippen LogP contribution in [-0.4, -0.2) is 49.3 Å². The Morgan fingerprint density at radius 1 is 1.20 bits per heavy atom. The quantitative estimate of drug-likeness (QED) is 0.666. The second kappa shape index (κ2) is 9.75. The fraction of sp³-hybridized carbons (Fsp3) is 1.00. The summed E-state index contributed by atoms with van der Waals surface area (Å²) in [7, 11) is 0. The fourth-order valence-corrected chi connectivity index (χ4v) is 3.24. The van der Waals surface area contributed by atoms with E-state index >= 15 is 0 Å². The zero-order chi connectivity index (χ0) is 15.0. The standard InChI is InChI=1S/C17H36N2O/c1-6-16(7-2)19(13-14(3)4)15(5)11-18-12-17-9-8-10-20-17/h14-18H,6-13H2,1-5H3. The van der Waals surface area contributed by atoms with Gasteiger partial charge in [-0.2, -0.15) is 0 Å². The highest BCUT2D eigenvalue weighted by Gasteiger charge is 2.22. The van der Waals surface area contributed by atoms with Gasteiger partial charge < -0.3 is 10.1 Å². The molecule has 1 N–H and O–H groups in total. The molecule has 120 valence electrons. The summed E-state index contributed by atoms with van der Waals surface area (Å²) in [5.41, 5.74) is 0. The van der Waals surface area contributed by atoms with Crippen molar-refractivity contribution in [3.8, 4) is 0 Å². The molecule has 0 amide bonds. The molecule has 0 aliphatic carbocycles. The highest BCUT2D eigenvalue weighted by molar-refractivity contribution is 4.78. The van der Waals surface area contributed by atoms with Gasteiger partial charge in [0.15, 0.2) is 0 Å². The van der Waals surface area contributed by atoms with E-state index in [2.05, 4.69) is 44.8 Å². The van der Waals surface area contributed by atoms with Crippen molar-refractivity contribution in [1.29, 1.82) is 0 Å². The first-order valence-corrected chi connectivity index (χ1v) is 8.66. The van der Waals surface area contributed by atoms with Gasteiger partial charge in [0.2, 0.25) is 0 Å². The highest BCUT2D eigenvalue weighted by atomic mass is 16.5. The Kier molecular flexibility index (Phi) is 8.74. The summed E-state index contributed by atoms with van der Waals surface area (Å²) in [6, 6.07) is 1.32. The number of ether oxygens (including phenoxy) is 1. The molecule has 3 heteroatoms. The van der Waals surface area contributed by atoms with Gasteiger partial charge in [0, 0.05) is 38.3 Å². The number of nitrogens with zero attached hydrogens (tertiary/aromatic N) is 1. The lowest BCUT2D eigenvalue weighted by Gasteiger charge is -2.37. The van der Waals surface area contributed by atoms with Crippen molar-refractivity contribution in [3.05, 3.63) is 0 Å². The molecule has 20 heavy (non-hydrogen) atoms. The summed E-state index contributed by atoms with van der Waals surface area (Å²) >= 11 is 0. The van der Waals surface area contributed by atoms with Crippen LogP contribution in [0.2, 0.25) is 0 Å². The third kappa shape index (κ3) is 6.11. The van der Waals surface area contributed by atoms with Crippen LogP contribution in [0.15, 0.2) is 0 Å². The van der Waals surface area contributed by atoms with Crippen LogP contribution in [0.25, 0.3) is 0 Å². The Bertz CT molecular complexity index is 235. The average Bonchev–Trinajstić information content (AvgIpc) is 2.91. The molecular weight excluding hydrogens is 248 g/mol. The molecule has 1 heterocycles. The van der Waals surface area contributed by atoms with Gasteiger partial charge in [-0.05, 0) is 38.5 Å². The van der Waals surface area contributed by atoms with Gasteiger partial charge in [0.05, 0.1) is 6.10 Å². The van der Waals surface area contributed by atoms with Crippen LogP contribution < -0.4 is 5.32 Å². The first kappa shape index (κ1) is 17.9. The lowest BCUT2D eigenvalue weighted by atomic mass is 10.0. The summed E-state index contributed by atoms with van der Waals surface area (Å²) in [6.45, 7) is 15.9. The molecule has 0 aromatic heterocycles. The zero-order valence-electron chi connectivity index (χ0n) is 14.3. The molecule has 0 radical (unpaired) electrons. The monoisotopic (exact) mass is 284 g/mol. The molecule has 1 aliphatic heterocycles. The predicted octanol–water partition coefficient (Wildman–Crippen LogP) is 3.29. The summed E-state index contributed by atoms with van der Waals surface area (Å²) in [5.74, 6) is 0.733. The largest absolute Gasteiger partial charge is 0.377 e. The van der Waals surface area contributed by atoms with E-state index in [9.17, 15) is 0 Å². The maximum absolute atomic E-state index is 5.67. The van der Waals surface area contributed by atoms with Crippen molar-refractivity contribution < 1.29 is 4.74 Å². The van der Waals surface area contributed by atoms with E-state index in [1.807, 2.05) is 0 Å². The normalized spacial score (nSPS) is 21.3. The Balaban J connectivity index is 2.38. The molecule has 0 spiro atoms. The Morgan fingerprint density at radius 3 is 2.40 bits per heavy atom. The summed E-state index contributed by atoms with van der Waals surface area (Å²) in [4.78, 5) is 2.70. The van der Waals surface area contributed by atoms with Crippen molar-refractivity contribution in [3.63, 3.8) is 0 Å². The number of nitrogens with one attached hydrogen (secondary N) is 1. The molecule has 1 rings (SSSR count). The summed E-state index contributed by atoms with van der Waals surface area (Å²) in [5, 5.41) is 3.62. The van der Waals surface area contributed by atoms with Crippen LogP contribution in [0.4, 0.5) is 0 Å². The fourth-order valence-electron chi connectivity index (χ4n) is 3.24. The first-order valence-electron chi connectivity index (χ1n) is 8.66. The molecule has 3 nitrogen and oxygen atoms in total. The second-order valence-electron chi connectivity index (χ2n) is 6.70. The van der Waals surface area contributed by atoms with Crippen molar-refractivity contribution in [2.45, 2.75) is 78.5 Å². The molecule has 0 aromatic carbocycles. The van der Waals surface area contributed by atoms with Crippen LogP contribution >= 0.6 is 0 Å². The van der Waals surface area contributed by atoms with Gasteiger partial charge in [-0.25, -0.2) is 0 Å². The maximum Gasteiger partial charge on any atom is 0.0700 e. The Morgan fingerprint density at radius 2 is 1.90 bits per heavy atom. The van der Waals surface area contributed by atoms with Crippen molar-refractivity contribution in [1.82, 2.24) is 10.2 Å². The highest BCUT2D eigenvalue weighted by Crippen LogP contribution is 2.15. The van der Waals surface area contributed by atoms with E-state index in [0.29, 0.717) is 12.1 Å². The van der Waals surface area contributed by atoms with Crippen LogP contribution in [0.3, 0.4) is 0 Å². The average molecular weight is 284 g/mol. The number of hydrogen-bond donors (Lipinski definition) is 1. The Labute approximate surface area is 126 Å². The van der Waals surface area contributed by atoms with Gasteiger partial charge >= 0.3 is 0 Å². The van der Waals surface area contributed by atoms with E-state index in [1.165, 1.54) is 32.2 Å². The smallest absolute Gasteiger partial charge is 0.0700 e. The maximum atomic E-state index is 5.67. The molecule has 0 aromatic rings. The van der Waals surface area contributed by atoms with Crippen molar-refractivity contribution >= 4 is 0 Å². The van der Waals surface area contributed by atoms with Crippen LogP contribution in [0.1, 0.15) is 60.3 Å². The van der Waals surface area contributed by atoms with Gasteiger partial charge in [0.25, 0.3) is 0 Å². The molecule has 0 bridgehead atoms. The first-order chi connectivity index (χ1) is 9.58. The zero-order valence-corrected chi connectivity index (χ0v) is 14.3. The van der Waals surface area contributed by atoms with Gasteiger partial charge in [-0.1, -0.05) is 27.7 Å². The van der Waals surface area contributed by atoms with Gasteiger partial charge in [-0.3, -0.25) is 4.90 Å². The number of rotatable bonds is 10. The van der Waals surface area contributed by atoms with Gasteiger partial charge in [-0.15, -0.1) is 0 Å². The summed E-state index contributed by atoms with van der Waals surface area (Å²) in [6.07, 6.45) is 5.41.